The van der Waals surface area contributed by atoms with Gasteiger partial charge < -0.3 is 15.4 Å². The van der Waals surface area contributed by atoms with E-state index in [0.29, 0.717) is 13.0 Å². The van der Waals surface area contributed by atoms with Crippen molar-refractivity contribution in [2.45, 2.75) is 51.2 Å². The van der Waals surface area contributed by atoms with Crippen LogP contribution < -0.4 is 10.6 Å². The Morgan fingerprint density at radius 1 is 1.53 bits per heavy atom. The van der Waals surface area contributed by atoms with E-state index < -0.39 is 17.6 Å². The maximum absolute atomic E-state index is 12.8. The predicted molar refractivity (Wildman–Crippen MR) is 60.2 cm³/mol. The Hall–Kier alpha value is -0.910. The fraction of sp³-hybridized carbons (Fsp3) is 0.909. The number of hydrogen-bond donors (Lipinski definition) is 2. The van der Waals surface area contributed by atoms with Gasteiger partial charge in [0.1, 0.15) is 5.60 Å². The number of alkyl halides is 2. The maximum atomic E-state index is 12.8. The number of halogens is 2. The summed E-state index contributed by atoms with van der Waals surface area (Å²) in [5.41, 5.74) is -0.539. The monoisotopic (exact) mass is 250 g/mol. The molecule has 17 heavy (non-hydrogen) atoms. The fourth-order valence-corrected chi connectivity index (χ4v) is 1.67. The summed E-state index contributed by atoms with van der Waals surface area (Å²) in [5.74, 6) is -2.61. The zero-order valence-electron chi connectivity index (χ0n) is 10.5. The molecule has 1 heterocycles. The van der Waals surface area contributed by atoms with E-state index in [1.54, 1.807) is 20.8 Å². The SMILES string of the molecule is CC(C)(C)OC(=O)NCC[C@@H]1CC(F)(F)CN1. The second-order valence-corrected chi connectivity index (χ2v) is 5.36. The highest BCUT2D eigenvalue weighted by molar-refractivity contribution is 5.67. The van der Waals surface area contributed by atoms with Gasteiger partial charge in [0.25, 0.3) is 5.92 Å². The summed E-state index contributed by atoms with van der Waals surface area (Å²) >= 11 is 0. The van der Waals surface area contributed by atoms with Gasteiger partial charge in [-0.15, -0.1) is 0 Å². The Labute approximate surface area is 100 Å². The van der Waals surface area contributed by atoms with Gasteiger partial charge in [-0.1, -0.05) is 0 Å². The van der Waals surface area contributed by atoms with Gasteiger partial charge in [-0.3, -0.25) is 0 Å². The van der Waals surface area contributed by atoms with Crippen molar-refractivity contribution in [3.63, 3.8) is 0 Å². The molecule has 1 saturated heterocycles. The molecule has 2 N–H and O–H groups in total. The van der Waals surface area contributed by atoms with Crippen LogP contribution in [-0.4, -0.2) is 36.7 Å². The molecule has 0 aromatic rings. The summed E-state index contributed by atoms with van der Waals surface area (Å²) < 4.78 is 30.7. The number of ether oxygens (including phenoxy) is 1. The standard InChI is InChI=1S/C11H20F2N2O2/c1-10(2,3)17-9(16)14-5-4-8-6-11(12,13)7-15-8/h8,15H,4-7H2,1-3H3,(H,14,16)/t8-/m1/s1. The first-order valence-electron chi connectivity index (χ1n) is 5.76. The van der Waals surface area contributed by atoms with Crippen molar-refractivity contribution in [1.82, 2.24) is 10.6 Å². The van der Waals surface area contributed by atoms with Crippen LogP contribution in [0.3, 0.4) is 0 Å². The summed E-state index contributed by atoms with van der Waals surface area (Å²) in [7, 11) is 0. The number of nitrogens with one attached hydrogen (secondary N) is 2. The first kappa shape index (κ1) is 14.2. The zero-order chi connectivity index (χ0) is 13.1. The minimum Gasteiger partial charge on any atom is -0.444 e. The third-order valence-corrected chi connectivity index (χ3v) is 2.36. The van der Waals surface area contributed by atoms with E-state index in [4.69, 9.17) is 4.74 Å². The number of amides is 1. The minimum absolute atomic E-state index is 0.164. The van der Waals surface area contributed by atoms with Crippen molar-refractivity contribution < 1.29 is 18.3 Å². The molecule has 0 bridgehead atoms. The van der Waals surface area contributed by atoms with Crippen molar-refractivity contribution in [3.8, 4) is 0 Å². The van der Waals surface area contributed by atoms with Crippen LogP contribution in [0.2, 0.25) is 0 Å². The topological polar surface area (TPSA) is 50.4 Å². The van der Waals surface area contributed by atoms with Crippen molar-refractivity contribution in [2.24, 2.45) is 0 Å². The van der Waals surface area contributed by atoms with Gasteiger partial charge in [0.05, 0.1) is 6.54 Å². The van der Waals surface area contributed by atoms with Crippen LogP contribution in [-0.2, 0) is 4.74 Å². The highest BCUT2D eigenvalue weighted by atomic mass is 19.3. The maximum Gasteiger partial charge on any atom is 0.407 e. The molecular formula is C11H20F2N2O2. The van der Waals surface area contributed by atoms with Crippen molar-refractivity contribution >= 4 is 6.09 Å². The van der Waals surface area contributed by atoms with Crippen LogP contribution in [0.1, 0.15) is 33.6 Å². The van der Waals surface area contributed by atoms with E-state index in [1.165, 1.54) is 0 Å². The molecule has 0 aliphatic carbocycles. The first-order valence-corrected chi connectivity index (χ1v) is 5.76. The number of alkyl carbamates (subject to hydrolysis) is 1. The first-order chi connectivity index (χ1) is 7.68. The van der Waals surface area contributed by atoms with E-state index in [-0.39, 0.29) is 19.0 Å². The van der Waals surface area contributed by atoms with Crippen LogP contribution in [0.4, 0.5) is 13.6 Å². The molecule has 4 nitrogen and oxygen atoms in total. The van der Waals surface area contributed by atoms with Crippen LogP contribution >= 0.6 is 0 Å². The van der Waals surface area contributed by atoms with E-state index >= 15 is 0 Å². The molecule has 0 unspecified atom stereocenters. The largest absolute Gasteiger partial charge is 0.444 e. The second kappa shape index (κ2) is 5.16. The highest BCUT2D eigenvalue weighted by Gasteiger charge is 2.38. The van der Waals surface area contributed by atoms with Crippen LogP contribution in [0.25, 0.3) is 0 Å². The van der Waals surface area contributed by atoms with E-state index in [1.807, 2.05) is 0 Å². The number of rotatable bonds is 3. The van der Waals surface area contributed by atoms with Gasteiger partial charge in [0.2, 0.25) is 0 Å². The summed E-state index contributed by atoms with van der Waals surface area (Å²) in [5, 5.41) is 5.27. The lowest BCUT2D eigenvalue weighted by Crippen LogP contribution is -2.35. The Kier molecular flexibility index (Phi) is 4.30. The summed E-state index contributed by atoms with van der Waals surface area (Å²) in [6, 6.07) is -0.236. The molecule has 6 heteroatoms. The lowest BCUT2D eigenvalue weighted by atomic mass is 10.1. The summed E-state index contributed by atoms with van der Waals surface area (Å²) in [6.45, 7) is 5.37. The van der Waals surface area contributed by atoms with E-state index in [9.17, 15) is 13.6 Å². The van der Waals surface area contributed by atoms with E-state index in [2.05, 4.69) is 10.6 Å². The second-order valence-electron chi connectivity index (χ2n) is 5.36. The number of carbonyl (C=O) groups is 1. The summed E-state index contributed by atoms with van der Waals surface area (Å²) in [6.07, 6.45) is -0.195. The quantitative estimate of drug-likeness (QED) is 0.804. The smallest absolute Gasteiger partial charge is 0.407 e. The Morgan fingerprint density at radius 3 is 2.65 bits per heavy atom. The number of carbonyl (C=O) groups excluding carboxylic acids is 1. The normalized spacial score (nSPS) is 23.5. The average molecular weight is 250 g/mol. The Morgan fingerprint density at radius 2 is 2.18 bits per heavy atom. The van der Waals surface area contributed by atoms with Gasteiger partial charge >= 0.3 is 6.09 Å². The molecule has 100 valence electrons. The van der Waals surface area contributed by atoms with Gasteiger partial charge in [-0.05, 0) is 27.2 Å². The molecule has 0 aromatic heterocycles. The predicted octanol–water partition coefficient (Wildman–Crippen LogP) is 1.90. The van der Waals surface area contributed by atoms with Crippen molar-refractivity contribution in [3.05, 3.63) is 0 Å². The van der Waals surface area contributed by atoms with Crippen molar-refractivity contribution in [2.75, 3.05) is 13.1 Å². The summed E-state index contributed by atoms with van der Waals surface area (Å²) in [4.78, 5) is 11.3. The highest BCUT2D eigenvalue weighted by Crippen LogP contribution is 2.26. The molecule has 1 fully saturated rings. The lowest BCUT2D eigenvalue weighted by Gasteiger charge is -2.20. The molecule has 0 aromatic carbocycles. The van der Waals surface area contributed by atoms with Crippen LogP contribution in [0, 0.1) is 0 Å². The van der Waals surface area contributed by atoms with Gasteiger partial charge in [0, 0.05) is 19.0 Å². The Balaban J connectivity index is 2.15. The molecular weight excluding hydrogens is 230 g/mol. The van der Waals surface area contributed by atoms with Gasteiger partial charge in [0.15, 0.2) is 0 Å². The third kappa shape index (κ3) is 5.81. The van der Waals surface area contributed by atoms with Gasteiger partial charge in [-0.2, -0.15) is 0 Å². The molecule has 1 atom stereocenters. The molecule has 0 spiro atoms. The Bertz CT molecular complexity index is 277. The molecule has 1 aliphatic rings. The molecule has 1 aliphatic heterocycles. The van der Waals surface area contributed by atoms with Crippen LogP contribution in [0.5, 0.6) is 0 Å². The molecule has 1 amide bonds. The van der Waals surface area contributed by atoms with Gasteiger partial charge in [-0.25, -0.2) is 13.6 Å². The van der Waals surface area contributed by atoms with E-state index in [0.717, 1.165) is 0 Å². The molecule has 0 radical (unpaired) electrons. The average Bonchev–Trinajstić information content (AvgIpc) is 2.42. The lowest BCUT2D eigenvalue weighted by molar-refractivity contribution is 0.0209. The fourth-order valence-electron chi connectivity index (χ4n) is 1.67. The number of hydrogen-bond acceptors (Lipinski definition) is 3. The minimum atomic E-state index is -2.61. The zero-order valence-corrected chi connectivity index (χ0v) is 10.5. The van der Waals surface area contributed by atoms with Crippen LogP contribution in [0.15, 0.2) is 0 Å². The van der Waals surface area contributed by atoms with Crippen molar-refractivity contribution in [1.29, 1.82) is 0 Å². The third-order valence-electron chi connectivity index (χ3n) is 2.36. The molecule has 1 rings (SSSR count). The molecule has 0 saturated carbocycles.